The van der Waals surface area contributed by atoms with Crippen LogP contribution in [-0.4, -0.2) is 57.8 Å². The van der Waals surface area contributed by atoms with Gasteiger partial charge in [-0.1, -0.05) is 19.3 Å². The van der Waals surface area contributed by atoms with Crippen molar-refractivity contribution in [1.29, 1.82) is 0 Å². The molecule has 0 radical (unpaired) electrons. The molecule has 124 valence electrons. The second-order valence-corrected chi connectivity index (χ2v) is 6.48. The van der Waals surface area contributed by atoms with Gasteiger partial charge in [-0.25, -0.2) is 9.97 Å². The van der Waals surface area contributed by atoms with Crippen LogP contribution in [-0.2, 0) is 4.79 Å². The summed E-state index contributed by atoms with van der Waals surface area (Å²) in [5.41, 5.74) is 0.419. The second kappa shape index (κ2) is 7.53. The Balaban J connectivity index is 1.48. The summed E-state index contributed by atoms with van der Waals surface area (Å²) >= 11 is 0. The summed E-state index contributed by atoms with van der Waals surface area (Å²) in [5.74, 6) is 0.745. The third kappa shape index (κ3) is 4.06. The highest BCUT2D eigenvalue weighted by atomic mass is 16.2. The zero-order chi connectivity index (χ0) is 16.1. The fourth-order valence-corrected chi connectivity index (χ4v) is 3.51. The van der Waals surface area contributed by atoms with Crippen LogP contribution in [0.15, 0.2) is 18.6 Å². The molecule has 6 nitrogen and oxygen atoms in total. The number of amides is 2. The molecule has 23 heavy (non-hydrogen) atoms. The normalized spacial score (nSPS) is 19.7. The molecule has 1 aliphatic carbocycles. The molecule has 6 heteroatoms. The molecule has 1 saturated heterocycles. The minimum Gasteiger partial charge on any atom is -0.339 e. The van der Waals surface area contributed by atoms with E-state index >= 15 is 0 Å². The van der Waals surface area contributed by atoms with Gasteiger partial charge < -0.3 is 9.80 Å². The summed E-state index contributed by atoms with van der Waals surface area (Å²) in [6.45, 7) is 2.42. The maximum absolute atomic E-state index is 12.4. The number of aromatic nitrogens is 2. The van der Waals surface area contributed by atoms with Crippen molar-refractivity contribution in [3.63, 3.8) is 0 Å². The van der Waals surface area contributed by atoms with E-state index in [1.807, 2.05) is 4.90 Å². The van der Waals surface area contributed by atoms with Crippen molar-refractivity contribution >= 4 is 11.8 Å². The van der Waals surface area contributed by atoms with E-state index in [0.29, 0.717) is 44.2 Å². The van der Waals surface area contributed by atoms with Gasteiger partial charge in [0.15, 0.2) is 0 Å². The van der Waals surface area contributed by atoms with Crippen LogP contribution in [0.25, 0.3) is 0 Å². The Labute approximate surface area is 136 Å². The number of hydrogen-bond donors (Lipinski definition) is 0. The second-order valence-electron chi connectivity index (χ2n) is 6.48. The first-order valence-electron chi connectivity index (χ1n) is 8.57. The topological polar surface area (TPSA) is 66.4 Å². The van der Waals surface area contributed by atoms with Crippen molar-refractivity contribution in [3.8, 4) is 0 Å². The lowest BCUT2D eigenvalue weighted by molar-refractivity contribution is -0.133. The molecule has 1 saturated carbocycles. The summed E-state index contributed by atoms with van der Waals surface area (Å²) in [4.78, 5) is 36.3. The van der Waals surface area contributed by atoms with Gasteiger partial charge in [-0.3, -0.25) is 9.59 Å². The largest absolute Gasteiger partial charge is 0.339 e. The van der Waals surface area contributed by atoms with Crippen LogP contribution in [0.1, 0.15) is 49.0 Å². The molecule has 2 aliphatic rings. The maximum atomic E-state index is 12.4. The van der Waals surface area contributed by atoms with Crippen molar-refractivity contribution < 1.29 is 9.59 Å². The number of carbonyl (C=O) groups is 2. The molecule has 2 heterocycles. The van der Waals surface area contributed by atoms with Crippen LogP contribution < -0.4 is 0 Å². The van der Waals surface area contributed by atoms with E-state index in [4.69, 9.17) is 0 Å². The van der Waals surface area contributed by atoms with E-state index in [-0.39, 0.29) is 11.8 Å². The standard InChI is InChI=1S/C17H24N4O2/c22-16(12-14-4-2-1-3-5-14)20-8-10-21(11-9-20)17(23)15-6-7-18-13-19-15/h6-7,13-14H,1-5,8-12H2. The average molecular weight is 316 g/mol. The van der Waals surface area contributed by atoms with Gasteiger partial charge in [0.2, 0.25) is 5.91 Å². The predicted molar refractivity (Wildman–Crippen MR) is 85.7 cm³/mol. The van der Waals surface area contributed by atoms with E-state index in [2.05, 4.69) is 9.97 Å². The van der Waals surface area contributed by atoms with Gasteiger partial charge in [0, 0.05) is 38.8 Å². The van der Waals surface area contributed by atoms with Gasteiger partial charge in [0.1, 0.15) is 12.0 Å². The SMILES string of the molecule is O=C(CC1CCCCC1)N1CCN(C(=O)c2ccncn2)CC1. The highest BCUT2D eigenvalue weighted by Crippen LogP contribution is 2.27. The summed E-state index contributed by atoms with van der Waals surface area (Å²) in [7, 11) is 0. The molecule has 2 fully saturated rings. The Bertz CT molecular complexity index is 535. The van der Waals surface area contributed by atoms with Crippen molar-refractivity contribution in [2.24, 2.45) is 5.92 Å². The van der Waals surface area contributed by atoms with Crippen molar-refractivity contribution in [1.82, 2.24) is 19.8 Å². The first kappa shape index (κ1) is 15.9. The minimum absolute atomic E-state index is 0.0771. The fraction of sp³-hybridized carbons (Fsp3) is 0.647. The van der Waals surface area contributed by atoms with Crippen LogP contribution in [0.2, 0.25) is 0 Å². The number of rotatable bonds is 3. The minimum atomic E-state index is -0.0771. The third-order valence-electron chi connectivity index (χ3n) is 4.91. The molecule has 0 atom stereocenters. The monoisotopic (exact) mass is 316 g/mol. The Morgan fingerprint density at radius 2 is 1.74 bits per heavy atom. The Kier molecular flexibility index (Phi) is 5.20. The van der Waals surface area contributed by atoms with Gasteiger partial charge in [0.25, 0.3) is 5.91 Å². The lowest BCUT2D eigenvalue weighted by Gasteiger charge is -2.35. The molecule has 3 rings (SSSR count). The number of piperazine rings is 1. The van der Waals surface area contributed by atoms with E-state index in [1.54, 1.807) is 17.2 Å². The van der Waals surface area contributed by atoms with Crippen molar-refractivity contribution in [2.75, 3.05) is 26.2 Å². The Morgan fingerprint density at radius 3 is 2.39 bits per heavy atom. The van der Waals surface area contributed by atoms with E-state index in [0.717, 1.165) is 0 Å². The lowest BCUT2D eigenvalue weighted by Crippen LogP contribution is -2.51. The first-order valence-corrected chi connectivity index (χ1v) is 8.57. The van der Waals surface area contributed by atoms with Crippen LogP contribution in [0, 0.1) is 5.92 Å². The highest BCUT2D eigenvalue weighted by molar-refractivity contribution is 5.92. The van der Waals surface area contributed by atoms with E-state index in [1.165, 1.54) is 38.4 Å². The molecule has 1 aromatic rings. The van der Waals surface area contributed by atoms with Crippen LogP contribution in [0.3, 0.4) is 0 Å². The van der Waals surface area contributed by atoms with Crippen LogP contribution in [0.4, 0.5) is 0 Å². The number of nitrogens with zero attached hydrogens (tertiary/aromatic N) is 4. The van der Waals surface area contributed by atoms with E-state index < -0.39 is 0 Å². The predicted octanol–water partition coefficient (Wildman–Crippen LogP) is 1.73. The van der Waals surface area contributed by atoms with Gasteiger partial charge in [-0.05, 0) is 24.8 Å². The highest BCUT2D eigenvalue weighted by Gasteiger charge is 2.27. The molecule has 1 aliphatic heterocycles. The molecular formula is C17H24N4O2. The van der Waals surface area contributed by atoms with Crippen LogP contribution in [0.5, 0.6) is 0 Å². The average Bonchev–Trinajstić information content (AvgIpc) is 2.63. The van der Waals surface area contributed by atoms with E-state index in [9.17, 15) is 9.59 Å². The molecule has 0 unspecified atom stereocenters. The molecule has 0 spiro atoms. The summed E-state index contributed by atoms with van der Waals surface area (Å²) in [5, 5.41) is 0. The molecule has 0 N–H and O–H groups in total. The number of hydrogen-bond acceptors (Lipinski definition) is 4. The summed E-state index contributed by atoms with van der Waals surface area (Å²) < 4.78 is 0. The quantitative estimate of drug-likeness (QED) is 0.852. The summed E-state index contributed by atoms with van der Waals surface area (Å²) in [6, 6.07) is 1.63. The first-order chi connectivity index (χ1) is 11.2. The maximum Gasteiger partial charge on any atom is 0.272 e. The molecule has 2 amide bonds. The van der Waals surface area contributed by atoms with Crippen molar-refractivity contribution in [3.05, 3.63) is 24.3 Å². The molecule has 1 aromatic heterocycles. The van der Waals surface area contributed by atoms with Gasteiger partial charge in [0.05, 0.1) is 0 Å². The zero-order valence-corrected chi connectivity index (χ0v) is 13.5. The van der Waals surface area contributed by atoms with Crippen molar-refractivity contribution in [2.45, 2.75) is 38.5 Å². The molecular weight excluding hydrogens is 292 g/mol. The fourth-order valence-electron chi connectivity index (χ4n) is 3.51. The summed E-state index contributed by atoms with van der Waals surface area (Å²) in [6.07, 6.45) is 9.86. The lowest BCUT2D eigenvalue weighted by atomic mass is 9.86. The smallest absolute Gasteiger partial charge is 0.272 e. The number of carbonyl (C=O) groups excluding carboxylic acids is 2. The molecule has 0 bridgehead atoms. The van der Waals surface area contributed by atoms with Gasteiger partial charge in [-0.15, -0.1) is 0 Å². The van der Waals surface area contributed by atoms with Crippen LogP contribution >= 0.6 is 0 Å². The zero-order valence-electron chi connectivity index (χ0n) is 13.5. The third-order valence-corrected chi connectivity index (χ3v) is 4.91. The van der Waals surface area contributed by atoms with Gasteiger partial charge in [-0.2, -0.15) is 0 Å². The van der Waals surface area contributed by atoms with Gasteiger partial charge >= 0.3 is 0 Å². The Hall–Kier alpha value is -1.98. The Morgan fingerprint density at radius 1 is 1.04 bits per heavy atom. The molecule has 0 aromatic carbocycles.